The summed E-state index contributed by atoms with van der Waals surface area (Å²) in [6.07, 6.45) is 5.17. The van der Waals surface area contributed by atoms with Crippen molar-refractivity contribution in [2.24, 2.45) is 5.16 Å². The third-order valence-electron chi connectivity index (χ3n) is 5.98. The number of fused-ring (bicyclic) bond motifs is 2. The standard InChI is InChI=1S/C23H19ClN8O5S2/c24-3-6-37-29-16(14-11-39-23(26)27-14)19(33)28-17-20(34)32-18(22(35)36)13(10-38-21(17)32)9-31-5-4-30-8-12(7-25)1-2-15(30)31/h1-2,4-5,8,11,17,21H,3,6,9-10H2,(H3-,26,27,28,33,35,36)/b29-16-/t17-,21+/m1/s1. The summed E-state index contributed by atoms with van der Waals surface area (Å²) in [7, 11) is 0. The Morgan fingerprint density at radius 1 is 1.44 bits per heavy atom. The topological polar surface area (TPSA) is 183 Å². The molecule has 39 heavy (non-hydrogen) atoms. The van der Waals surface area contributed by atoms with Crippen LogP contribution in [0.2, 0.25) is 0 Å². The number of nitriles is 1. The van der Waals surface area contributed by atoms with Gasteiger partial charge in [-0.15, -0.1) is 34.7 Å². The molecule has 5 heterocycles. The van der Waals surface area contributed by atoms with Crippen LogP contribution in [0, 0.1) is 11.3 Å². The molecule has 0 bridgehead atoms. The number of anilines is 1. The molecule has 200 valence electrons. The summed E-state index contributed by atoms with van der Waals surface area (Å²) in [6, 6.07) is 4.49. The number of aliphatic carboxylic acids is 1. The lowest BCUT2D eigenvalue weighted by atomic mass is 10.0. The predicted molar refractivity (Wildman–Crippen MR) is 139 cm³/mol. The van der Waals surface area contributed by atoms with Crippen LogP contribution in [0.15, 0.2) is 52.5 Å². The van der Waals surface area contributed by atoms with E-state index < -0.39 is 29.2 Å². The highest BCUT2D eigenvalue weighted by Crippen LogP contribution is 2.40. The van der Waals surface area contributed by atoms with E-state index in [-0.39, 0.29) is 47.0 Å². The van der Waals surface area contributed by atoms with Crippen LogP contribution >= 0.6 is 34.7 Å². The van der Waals surface area contributed by atoms with E-state index in [9.17, 15) is 19.5 Å². The number of β-lactam (4-membered cyclic amide) rings is 1. The SMILES string of the molecule is N#Cc1ccc2n(CC3=C(C(=O)[O-])N4C(=O)[C@@H](NC(=O)/C(=N\OCCCl)c5csc(N)n5)[C@@H]4SC3)cc[n+]2c1. The summed E-state index contributed by atoms with van der Waals surface area (Å²) in [6.45, 7) is 0.232. The van der Waals surface area contributed by atoms with Gasteiger partial charge >= 0.3 is 0 Å². The fraction of sp³-hybridized carbons (Fsp3) is 0.261. The van der Waals surface area contributed by atoms with Gasteiger partial charge in [0.15, 0.2) is 10.8 Å². The smallest absolute Gasteiger partial charge is 0.286 e. The average molecular weight is 587 g/mol. The predicted octanol–water partition coefficient (Wildman–Crippen LogP) is -0.799. The molecule has 0 saturated carbocycles. The van der Waals surface area contributed by atoms with Crippen molar-refractivity contribution in [2.45, 2.75) is 18.0 Å². The molecule has 13 nitrogen and oxygen atoms in total. The number of alkyl halides is 1. The first-order valence-corrected chi connectivity index (χ1v) is 13.8. The van der Waals surface area contributed by atoms with Crippen LogP contribution in [0.25, 0.3) is 5.65 Å². The molecule has 5 rings (SSSR count). The van der Waals surface area contributed by atoms with Crippen molar-refractivity contribution in [3.8, 4) is 6.07 Å². The number of aromatic nitrogens is 3. The van der Waals surface area contributed by atoms with Crippen LogP contribution in [-0.2, 0) is 25.8 Å². The van der Waals surface area contributed by atoms with E-state index in [0.29, 0.717) is 11.1 Å². The number of imidazole rings is 1. The molecule has 2 amide bonds. The Balaban J connectivity index is 1.36. The monoisotopic (exact) mass is 586 g/mol. The number of hydrogen-bond acceptors (Lipinski definition) is 11. The Hall–Kier alpha value is -4.13. The van der Waals surface area contributed by atoms with Gasteiger partial charge in [-0.3, -0.25) is 14.5 Å². The number of oxime groups is 1. The number of nitrogens with one attached hydrogen (secondary N) is 1. The maximum absolute atomic E-state index is 13.1. The van der Waals surface area contributed by atoms with Crippen LogP contribution in [0.4, 0.5) is 5.13 Å². The summed E-state index contributed by atoms with van der Waals surface area (Å²) in [5, 5.41) is 28.8. The van der Waals surface area contributed by atoms with E-state index in [1.165, 1.54) is 17.1 Å². The Bertz CT molecular complexity index is 1590. The number of carbonyl (C=O) groups is 3. The average Bonchev–Trinajstić information content (AvgIpc) is 3.54. The molecule has 0 spiro atoms. The lowest BCUT2D eigenvalue weighted by molar-refractivity contribution is -0.510. The van der Waals surface area contributed by atoms with Crippen molar-refractivity contribution in [1.82, 2.24) is 19.8 Å². The number of thioether (sulfide) groups is 1. The molecule has 3 aromatic heterocycles. The fourth-order valence-electron chi connectivity index (χ4n) is 4.26. The third kappa shape index (κ3) is 5.01. The van der Waals surface area contributed by atoms with Gasteiger partial charge in [-0.1, -0.05) is 5.16 Å². The van der Waals surface area contributed by atoms with Crippen LogP contribution in [0.5, 0.6) is 0 Å². The van der Waals surface area contributed by atoms with Gasteiger partial charge in [-0.05, 0) is 6.07 Å². The summed E-state index contributed by atoms with van der Waals surface area (Å²) < 4.78 is 3.57. The first-order chi connectivity index (χ1) is 18.8. The second kappa shape index (κ2) is 10.9. The zero-order chi connectivity index (χ0) is 27.7. The lowest BCUT2D eigenvalue weighted by Crippen LogP contribution is -2.71. The quantitative estimate of drug-likeness (QED) is 0.0809. The normalized spacial score (nSPS) is 18.9. The number of amides is 2. The molecule has 3 aromatic rings. The molecule has 2 atom stereocenters. The molecular weight excluding hydrogens is 568 g/mol. The summed E-state index contributed by atoms with van der Waals surface area (Å²) in [5.74, 6) is -2.38. The van der Waals surface area contributed by atoms with Crippen molar-refractivity contribution < 1.29 is 28.7 Å². The third-order valence-corrected chi connectivity index (χ3v) is 8.15. The number of pyridine rings is 1. The van der Waals surface area contributed by atoms with Gasteiger partial charge in [0.2, 0.25) is 0 Å². The molecule has 0 aliphatic carbocycles. The van der Waals surface area contributed by atoms with Gasteiger partial charge in [0, 0.05) is 22.8 Å². The van der Waals surface area contributed by atoms with Crippen molar-refractivity contribution in [3.63, 3.8) is 0 Å². The van der Waals surface area contributed by atoms with Gasteiger partial charge in [0.05, 0.1) is 23.1 Å². The number of carbonyl (C=O) groups excluding carboxylic acids is 3. The molecule has 1 fully saturated rings. The first kappa shape index (κ1) is 26.5. The molecule has 0 aromatic carbocycles. The van der Waals surface area contributed by atoms with Crippen molar-refractivity contribution in [1.29, 1.82) is 5.26 Å². The van der Waals surface area contributed by atoms with Crippen LogP contribution in [0.1, 0.15) is 11.3 Å². The molecule has 3 N–H and O–H groups in total. The highest BCUT2D eigenvalue weighted by Gasteiger charge is 2.53. The van der Waals surface area contributed by atoms with E-state index in [2.05, 4.69) is 21.5 Å². The second-order valence-electron chi connectivity index (χ2n) is 8.35. The van der Waals surface area contributed by atoms with Gasteiger partial charge in [-0.2, -0.15) is 5.26 Å². The second-order valence-corrected chi connectivity index (χ2v) is 10.7. The van der Waals surface area contributed by atoms with Crippen molar-refractivity contribution in [3.05, 3.63) is 58.6 Å². The summed E-state index contributed by atoms with van der Waals surface area (Å²) >= 11 is 8.03. The summed E-state index contributed by atoms with van der Waals surface area (Å²) in [4.78, 5) is 48.6. The minimum Gasteiger partial charge on any atom is -0.543 e. The zero-order valence-electron chi connectivity index (χ0n) is 19.9. The van der Waals surface area contributed by atoms with Gasteiger partial charge < -0.3 is 25.8 Å². The number of nitrogen functional groups attached to an aromatic ring is 1. The molecule has 16 heteroatoms. The van der Waals surface area contributed by atoms with Crippen LogP contribution in [0.3, 0.4) is 0 Å². The Kier molecular flexibility index (Phi) is 7.42. The first-order valence-electron chi connectivity index (χ1n) is 11.4. The number of rotatable bonds is 9. The number of thiazole rings is 1. The van der Waals surface area contributed by atoms with E-state index in [4.69, 9.17) is 27.4 Å². The molecule has 1 saturated heterocycles. The zero-order valence-corrected chi connectivity index (χ0v) is 22.3. The summed E-state index contributed by atoms with van der Waals surface area (Å²) in [5.41, 5.74) is 7.13. The van der Waals surface area contributed by atoms with E-state index in [1.54, 1.807) is 35.1 Å². The van der Waals surface area contributed by atoms with E-state index in [0.717, 1.165) is 21.9 Å². The van der Waals surface area contributed by atoms with Crippen molar-refractivity contribution >= 4 is 69.0 Å². The number of halogens is 1. The van der Waals surface area contributed by atoms with Crippen LogP contribution < -0.4 is 20.6 Å². The largest absolute Gasteiger partial charge is 0.543 e. The van der Waals surface area contributed by atoms with Crippen LogP contribution in [-0.4, -0.2) is 67.6 Å². The highest BCUT2D eigenvalue weighted by atomic mass is 35.5. The minimum absolute atomic E-state index is 0.0454. The molecule has 2 aliphatic rings. The number of hydrogen-bond donors (Lipinski definition) is 2. The molecule has 0 unspecified atom stereocenters. The maximum atomic E-state index is 13.1. The van der Waals surface area contributed by atoms with Gasteiger partial charge in [0.1, 0.15) is 54.9 Å². The lowest BCUT2D eigenvalue weighted by Gasteiger charge is -2.50. The molecule has 0 radical (unpaired) electrons. The Morgan fingerprint density at radius 2 is 2.26 bits per heavy atom. The Morgan fingerprint density at radius 3 is 2.95 bits per heavy atom. The molecular formula is C23H19ClN8O5S2. The Labute approximate surface area is 234 Å². The number of nitrogens with zero attached hydrogens (tertiary/aromatic N) is 6. The molecule has 2 aliphatic heterocycles. The maximum Gasteiger partial charge on any atom is 0.286 e. The van der Waals surface area contributed by atoms with Gasteiger partial charge in [0.25, 0.3) is 17.5 Å². The highest BCUT2D eigenvalue weighted by molar-refractivity contribution is 8.00. The number of nitrogens with two attached hydrogens (primary N) is 1. The van der Waals surface area contributed by atoms with Crippen molar-refractivity contribution in [2.75, 3.05) is 24.0 Å². The number of carboxylic acids is 1. The number of carboxylic acid groups (broad SMARTS) is 1. The van der Waals surface area contributed by atoms with Gasteiger partial charge in [-0.25, -0.2) is 14.0 Å². The van der Waals surface area contributed by atoms with E-state index >= 15 is 0 Å². The minimum atomic E-state index is -1.49. The van der Waals surface area contributed by atoms with E-state index in [1.807, 2.05) is 4.57 Å². The fourth-order valence-corrected chi connectivity index (χ4v) is 6.21.